The molecule has 8 aromatic carbocycles. The number of fused-ring (bicyclic) bond motifs is 4. The molecule has 0 radical (unpaired) electrons. The Bertz CT molecular complexity index is 2300. The van der Waals surface area contributed by atoms with Crippen LogP contribution in [-0.4, -0.2) is 0 Å². The Morgan fingerprint density at radius 3 is 1.58 bits per heavy atom. The molecule has 9 rings (SSSR count). The molecule has 0 saturated carbocycles. The fraction of sp³-hybridized carbons (Fsp3) is 0. The molecule has 0 N–H and O–H groups in total. The Balaban J connectivity index is 1.17. The second-order valence-corrected chi connectivity index (χ2v) is 13.9. The van der Waals surface area contributed by atoms with Gasteiger partial charge in [0.2, 0.25) is 0 Å². The van der Waals surface area contributed by atoms with Crippen LogP contribution in [0.4, 0.5) is 0 Å². The van der Waals surface area contributed by atoms with Crippen LogP contribution in [0.25, 0.3) is 66.1 Å². The minimum atomic E-state index is -0.754. The molecule has 8 aromatic rings. The van der Waals surface area contributed by atoms with Crippen LogP contribution in [0.2, 0.25) is 0 Å². The molecule has 1 heteroatoms. The fourth-order valence-corrected chi connectivity index (χ4v) is 9.57. The molecule has 0 fully saturated rings. The van der Waals surface area contributed by atoms with Gasteiger partial charge in [0.1, 0.15) is 0 Å². The number of hydrogen-bond donors (Lipinski definition) is 0. The van der Waals surface area contributed by atoms with Gasteiger partial charge in [-0.05, 0) is 102 Å². The van der Waals surface area contributed by atoms with Crippen molar-refractivity contribution in [2.75, 3.05) is 0 Å². The minimum absolute atomic E-state index is 0.754. The molecule has 1 aliphatic rings. The molecule has 210 valence electrons. The Labute approximate surface area is 265 Å². The van der Waals surface area contributed by atoms with Crippen molar-refractivity contribution in [2.24, 2.45) is 0 Å². The van der Waals surface area contributed by atoms with E-state index in [0.717, 1.165) is 0 Å². The number of rotatable bonds is 5. The van der Waals surface area contributed by atoms with Crippen LogP contribution in [0.1, 0.15) is 0 Å². The lowest BCUT2D eigenvalue weighted by molar-refractivity contribution is 1.64. The first-order valence-corrected chi connectivity index (χ1v) is 16.9. The predicted octanol–water partition coefficient (Wildman–Crippen LogP) is 10.7. The Kier molecular flexibility index (Phi) is 6.22. The third-order valence-corrected chi connectivity index (χ3v) is 11.7. The van der Waals surface area contributed by atoms with Crippen molar-refractivity contribution >= 4 is 45.4 Å². The smallest absolute Gasteiger partial charge is 0.00201 e. The van der Waals surface area contributed by atoms with E-state index in [9.17, 15) is 0 Å². The first-order chi connectivity index (χ1) is 22.3. The molecule has 0 saturated heterocycles. The summed E-state index contributed by atoms with van der Waals surface area (Å²) >= 11 is 0. The monoisotopic (exact) mass is 588 g/mol. The minimum Gasteiger partial charge on any atom is -0.0622 e. The summed E-state index contributed by atoms with van der Waals surface area (Å²) in [6, 6.07) is 65.0. The summed E-state index contributed by atoms with van der Waals surface area (Å²) in [4.78, 5) is 0. The van der Waals surface area contributed by atoms with Crippen molar-refractivity contribution in [1.29, 1.82) is 0 Å². The zero-order valence-electron chi connectivity index (χ0n) is 24.7. The summed E-state index contributed by atoms with van der Waals surface area (Å²) < 4.78 is 0. The van der Waals surface area contributed by atoms with Crippen LogP contribution in [0.3, 0.4) is 0 Å². The quantitative estimate of drug-likeness (QED) is 0.176. The summed E-state index contributed by atoms with van der Waals surface area (Å²) in [5, 5.41) is 9.37. The lowest BCUT2D eigenvalue weighted by atomic mass is 9.94. The van der Waals surface area contributed by atoms with Crippen molar-refractivity contribution in [2.45, 2.75) is 0 Å². The molecular weight excluding hydrogens is 559 g/mol. The van der Waals surface area contributed by atoms with E-state index in [2.05, 4.69) is 176 Å². The lowest BCUT2D eigenvalue weighted by Crippen LogP contribution is -2.22. The van der Waals surface area contributed by atoms with Gasteiger partial charge in [-0.1, -0.05) is 164 Å². The van der Waals surface area contributed by atoms with Gasteiger partial charge in [-0.2, -0.15) is 0 Å². The van der Waals surface area contributed by atoms with E-state index in [1.807, 2.05) is 0 Å². The molecule has 0 heterocycles. The zero-order valence-corrected chi connectivity index (χ0v) is 25.6. The lowest BCUT2D eigenvalue weighted by Gasteiger charge is -2.23. The van der Waals surface area contributed by atoms with Crippen molar-refractivity contribution in [1.82, 2.24) is 0 Å². The van der Waals surface area contributed by atoms with Gasteiger partial charge >= 0.3 is 0 Å². The largest absolute Gasteiger partial charge is 0.0622 e. The molecule has 1 unspecified atom stereocenters. The molecular formula is C44H29P. The van der Waals surface area contributed by atoms with Crippen LogP contribution in [0, 0.1) is 0 Å². The fourth-order valence-electron chi connectivity index (χ4n) is 7.12. The second-order valence-electron chi connectivity index (χ2n) is 11.7. The van der Waals surface area contributed by atoms with Crippen LogP contribution in [-0.2, 0) is 0 Å². The predicted molar refractivity (Wildman–Crippen MR) is 195 cm³/mol. The summed E-state index contributed by atoms with van der Waals surface area (Å²) in [5.74, 6) is 0. The molecule has 0 bridgehead atoms. The average molecular weight is 589 g/mol. The number of benzene rings is 8. The maximum absolute atomic E-state index is 2.37. The highest BCUT2D eigenvalue weighted by Crippen LogP contribution is 2.50. The third kappa shape index (κ3) is 4.33. The Morgan fingerprint density at radius 1 is 0.311 bits per heavy atom. The van der Waals surface area contributed by atoms with Crippen molar-refractivity contribution < 1.29 is 0 Å². The van der Waals surface area contributed by atoms with Gasteiger partial charge in [0, 0.05) is 0 Å². The second kappa shape index (κ2) is 10.7. The van der Waals surface area contributed by atoms with Crippen molar-refractivity contribution in [3.63, 3.8) is 0 Å². The van der Waals surface area contributed by atoms with Gasteiger partial charge in [0.05, 0.1) is 0 Å². The SMILES string of the molecule is c1ccc(-c2ccccc2P(c2ccccc2)c2ccc(-c3ccc4c5c(cccc35)-c3cc5ccccc5cc3-4)cc2)cc1. The maximum atomic E-state index is 2.37. The summed E-state index contributed by atoms with van der Waals surface area (Å²) in [6.45, 7) is 0. The van der Waals surface area contributed by atoms with Gasteiger partial charge in [0.25, 0.3) is 0 Å². The van der Waals surface area contributed by atoms with E-state index in [4.69, 9.17) is 0 Å². The summed E-state index contributed by atoms with van der Waals surface area (Å²) in [7, 11) is -0.754. The maximum Gasteiger partial charge on any atom is -0.00201 e. The molecule has 1 atom stereocenters. The Hall–Kier alpha value is -5.29. The van der Waals surface area contributed by atoms with E-state index in [1.54, 1.807) is 0 Å². The topological polar surface area (TPSA) is 0 Å². The first-order valence-electron chi connectivity index (χ1n) is 15.5. The van der Waals surface area contributed by atoms with Crippen molar-refractivity contribution in [3.8, 4) is 44.5 Å². The van der Waals surface area contributed by atoms with Gasteiger partial charge < -0.3 is 0 Å². The normalized spacial score (nSPS) is 12.4. The molecule has 0 aromatic heterocycles. The summed E-state index contributed by atoms with van der Waals surface area (Å²) in [5.41, 5.74) is 10.5. The molecule has 0 nitrogen and oxygen atoms in total. The van der Waals surface area contributed by atoms with Crippen LogP contribution < -0.4 is 15.9 Å². The van der Waals surface area contributed by atoms with Gasteiger partial charge in [-0.15, -0.1) is 0 Å². The van der Waals surface area contributed by atoms with E-state index in [0.29, 0.717) is 0 Å². The average Bonchev–Trinajstić information content (AvgIpc) is 3.42. The zero-order chi connectivity index (χ0) is 29.7. The van der Waals surface area contributed by atoms with Gasteiger partial charge in [-0.25, -0.2) is 0 Å². The highest BCUT2D eigenvalue weighted by atomic mass is 31.1. The van der Waals surface area contributed by atoms with E-state index in [1.165, 1.54) is 82.0 Å². The molecule has 0 spiro atoms. The molecule has 0 aliphatic heterocycles. The van der Waals surface area contributed by atoms with E-state index >= 15 is 0 Å². The Morgan fingerprint density at radius 2 is 0.844 bits per heavy atom. The highest BCUT2D eigenvalue weighted by Gasteiger charge is 2.24. The molecule has 0 amide bonds. The molecule has 45 heavy (non-hydrogen) atoms. The van der Waals surface area contributed by atoms with Crippen molar-refractivity contribution in [3.05, 3.63) is 176 Å². The first kappa shape index (κ1) is 26.1. The van der Waals surface area contributed by atoms with E-state index in [-0.39, 0.29) is 0 Å². The van der Waals surface area contributed by atoms with Gasteiger partial charge in [0.15, 0.2) is 0 Å². The molecule has 1 aliphatic carbocycles. The van der Waals surface area contributed by atoms with Crippen LogP contribution >= 0.6 is 7.92 Å². The van der Waals surface area contributed by atoms with Gasteiger partial charge in [-0.3, -0.25) is 0 Å². The summed E-state index contributed by atoms with van der Waals surface area (Å²) in [6.07, 6.45) is 0. The third-order valence-electron chi connectivity index (χ3n) is 9.19. The number of hydrogen-bond acceptors (Lipinski definition) is 0. The van der Waals surface area contributed by atoms with Crippen LogP contribution in [0.5, 0.6) is 0 Å². The highest BCUT2D eigenvalue weighted by molar-refractivity contribution is 7.80. The van der Waals surface area contributed by atoms with E-state index < -0.39 is 7.92 Å². The van der Waals surface area contributed by atoms with Crippen LogP contribution in [0.15, 0.2) is 176 Å². The standard InChI is InChI=1S/C44H29P/c1-3-12-30(13-4-1)37-18-9-10-21-43(37)45(34-16-5-2-6-17-34)35-24-22-31(23-25-35)36-26-27-40-42-29-33-15-8-7-14-32(33)28-41(42)39-20-11-19-38(36)44(39)40/h1-29H.